The van der Waals surface area contributed by atoms with E-state index in [0.29, 0.717) is 19.3 Å². The molecule has 0 aliphatic heterocycles. The summed E-state index contributed by atoms with van der Waals surface area (Å²) in [6.45, 7) is 3.94. The van der Waals surface area contributed by atoms with Crippen LogP contribution >= 0.6 is 0 Å². The summed E-state index contributed by atoms with van der Waals surface area (Å²) in [6.07, 6.45) is 5.97. The molecule has 0 saturated carbocycles. The number of hydrogen-bond donors (Lipinski definition) is 4. The van der Waals surface area contributed by atoms with Crippen molar-refractivity contribution in [3.8, 4) is 11.5 Å². The molecule has 31 heavy (non-hydrogen) atoms. The average molecular weight is 454 g/mol. The van der Waals surface area contributed by atoms with Crippen molar-refractivity contribution in [2.75, 3.05) is 0 Å². The van der Waals surface area contributed by atoms with Crippen LogP contribution in [0.15, 0.2) is 22.6 Å². The third-order valence-corrected chi connectivity index (χ3v) is 6.91. The van der Waals surface area contributed by atoms with Crippen LogP contribution in [0.2, 0.25) is 0 Å². The standard InChI is InChI=1S/C22H31NO7S/c1-3-4-5-8-16-13-17(24)20(15-9-6-7-14(2)12-15)21(28)22(16)31(29,30)23-18(25)10-11-19(26)27/h12-13,15,24,28H,3-11H2,1-2H3,(H,23,25)(H,26,27). The Hall–Kier alpha value is -2.55. The van der Waals surface area contributed by atoms with Crippen molar-refractivity contribution in [3.05, 3.63) is 28.8 Å². The van der Waals surface area contributed by atoms with E-state index in [1.165, 1.54) is 6.07 Å². The van der Waals surface area contributed by atoms with Gasteiger partial charge >= 0.3 is 5.97 Å². The van der Waals surface area contributed by atoms with E-state index in [1.54, 1.807) is 0 Å². The van der Waals surface area contributed by atoms with E-state index in [4.69, 9.17) is 5.11 Å². The molecule has 8 nitrogen and oxygen atoms in total. The van der Waals surface area contributed by atoms with Gasteiger partial charge in [-0.3, -0.25) is 9.59 Å². The molecule has 0 saturated heterocycles. The van der Waals surface area contributed by atoms with Gasteiger partial charge in [-0.25, -0.2) is 13.1 Å². The first-order valence-corrected chi connectivity index (χ1v) is 12.1. The number of phenolic OH excluding ortho intramolecular Hbond substituents is 2. The molecule has 1 aliphatic rings. The fraction of sp³-hybridized carbons (Fsp3) is 0.545. The highest BCUT2D eigenvalue weighted by Gasteiger charge is 2.31. The number of carbonyl (C=O) groups excluding carboxylic acids is 1. The van der Waals surface area contributed by atoms with Crippen molar-refractivity contribution in [1.82, 2.24) is 4.72 Å². The number of carbonyl (C=O) groups is 2. The van der Waals surface area contributed by atoms with Crippen molar-refractivity contribution in [2.24, 2.45) is 0 Å². The Bertz CT molecular complexity index is 967. The molecule has 1 atom stereocenters. The van der Waals surface area contributed by atoms with Crippen LogP contribution in [0, 0.1) is 0 Å². The number of sulfonamides is 1. The van der Waals surface area contributed by atoms with Crippen molar-refractivity contribution in [1.29, 1.82) is 0 Å². The van der Waals surface area contributed by atoms with Gasteiger partial charge in [0.15, 0.2) is 0 Å². The molecule has 0 radical (unpaired) electrons. The quantitative estimate of drug-likeness (QED) is 0.312. The van der Waals surface area contributed by atoms with E-state index in [-0.39, 0.29) is 22.8 Å². The van der Waals surface area contributed by atoms with Gasteiger partial charge in [-0.15, -0.1) is 0 Å². The number of nitrogens with one attached hydrogen (secondary N) is 1. The molecule has 2 rings (SSSR count). The first-order chi connectivity index (χ1) is 14.6. The molecule has 1 aliphatic carbocycles. The Labute approximate surface area is 183 Å². The second-order valence-corrected chi connectivity index (χ2v) is 9.66. The maximum Gasteiger partial charge on any atom is 0.303 e. The number of aliphatic carboxylic acids is 1. The lowest BCUT2D eigenvalue weighted by Crippen LogP contribution is -2.31. The second kappa shape index (κ2) is 10.7. The van der Waals surface area contributed by atoms with E-state index in [9.17, 15) is 28.2 Å². The number of hydrogen-bond acceptors (Lipinski definition) is 6. The van der Waals surface area contributed by atoms with Crippen molar-refractivity contribution in [3.63, 3.8) is 0 Å². The average Bonchev–Trinajstić information content (AvgIpc) is 2.65. The minimum Gasteiger partial charge on any atom is -0.507 e. The Morgan fingerprint density at radius 2 is 1.90 bits per heavy atom. The molecule has 0 aromatic heterocycles. The summed E-state index contributed by atoms with van der Waals surface area (Å²) in [6, 6.07) is 1.36. The lowest BCUT2D eigenvalue weighted by atomic mass is 9.84. The molecule has 1 amide bonds. The SMILES string of the molecule is CCCCCc1cc(O)c(C2C=C(C)CCC2)c(O)c1S(=O)(=O)NC(=O)CCC(=O)O. The third kappa shape index (κ3) is 6.46. The number of carboxylic acid groups (broad SMARTS) is 1. The number of unbranched alkanes of at least 4 members (excludes halogenated alkanes) is 2. The van der Waals surface area contributed by atoms with Gasteiger partial charge in [0.1, 0.15) is 16.4 Å². The van der Waals surface area contributed by atoms with Gasteiger partial charge in [0.2, 0.25) is 5.91 Å². The summed E-state index contributed by atoms with van der Waals surface area (Å²) in [7, 11) is -4.47. The van der Waals surface area contributed by atoms with Crippen LogP contribution in [0.25, 0.3) is 0 Å². The minimum atomic E-state index is -4.47. The number of phenols is 2. The molecule has 1 aromatic carbocycles. The number of benzene rings is 1. The predicted octanol–water partition coefficient (Wildman–Crippen LogP) is 3.71. The molecule has 9 heteroatoms. The molecule has 0 fully saturated rings. The van der Waals surface area contributed by atoms with Crippen LogP contribution in [0.4, 0.5) is 0 Å². The topological polar surface area (TPSA) is 141 Å². The lowest BCUT2D eigenvalue weighted by molar-refractivity contribution is -0.138. The Morgan fingerprint density at radius 3 is 2.52 bits per heavy atom. The Balaban J connectivity index is 2.52. The predicted molar refractivity (Wildman–Crippen MR) is 116 cm³/mol. The zero-order valence-corrected chi connectivity index (χ0v) is 18.8. The Kier molecular flexibility index (Phi) is 8.50. The highest BCUT2D eigenvalue weighted by atomic mass is 32.2. The smallest absolute Gasteiger partial charge is 0.303 e. The molecule has 1 aromatic rings. The lowest BCUT2D eigenvalue weighted by Gasteiger charge is -2.24. The molecule has 1 unspecified atom stereocenters. The van der Waals surface area contributed by atoms with Crippen molar-refractivity contribution in [2.45, 2.75) is 82.4 Å². The molecule has 0 spiro atoms. The summed E-state index contributed by atoms with van der Waals surface area (Å²) in [5, 5.41) is 30.4. The van der Waals surface area contributed by atoms with Crippen LogP contribution in [0.5, 0.6) is 11.5 Å². The summed E-state index contributed by atoms with van der Waals surface area (Å²) >= 11 is 0. The highest BCUT2D eigenvalue weighted by molar-refractivity contribution is 7.90. The number of aryl methyl sites for hydroxylation is 1. The summed E-state index contributed by atoms with van der Waals surface area (Å²) in [5.41, 5.74) is 1.45. The van der Waals surface area contributed by atoms with E-state index < -0.39 is 45.4 Å². The molecular weight excluding hydrogens is 422 g/mol. The Morgan fingerprint density at radius 1 is 1.19 bits per heavy atom. The van der Waals surface area contributed by atoms with Crippen LogP contribution < -0.4 is 4.72 Å². The van der Waals surface area contributed by atoms with Gasteiger partial charge in [-0.2, -0.15) is 0 Å². The first-order valence-electron chi connectivity index (χ1n) is 10.6. The minimum absolute atomic E-state index is 0.136. The highest BCUT2D eigenvalue weighted by Crippen LogP contribution is 2.45. The zero-order chi connectivity index (χ0) is 23.2. The fourth-order valence-corrected chi connectivity index (χ4v) is 5.31. The largest absolute Gasteiger partial charge is 0.507 e. The second-order valence-electron chi connectivity index (χ2n) is 8.04. The van der Waals surface area contributed by atoms with Gasteiger partial charge in [-0.05, 0) is 50.7 Å². The maximum absolute atomic E-state index is 13.0. The van der Waals surface area contributed by atoms with Gasteiger partial charge in [0.25, 0.3) is 10.0 Å². The van der Waals surface area contributed by atoms with E-state index >= 15 is 0 Å². The molecule has 0 bridgehead atoms. The monoisotopic (exact) mass is 453 g/mol. The summed E-state index contributed by atoms with van der Waals surface area (Å²) < 4.78 is 27.9. The van der Waals surface area contributed by atoms with Crippen molar-refractivity contribution >= 4 is 21.9 Å². The molecular formula is C22H31NO7S. The number of rotatable bonds is 10. The molecule has 172 valence electrons. The maximum atomic E-state index is 13.0. The van der Waals surface area contributed by atoms with Gasteiger partial charge < -0.3 is 15.3 Å². The normalized spacial score (nSPS) is 16.6. The zero-order valence-electron chi connectivity index (χ0n) is 18.0. The van der Waals surface area contributed by atoms with Crippen LogP contribution in [0.1, 0.15) is 82.3 Å². The van der Waals surface area contributed by atoms with Gasteiger partial charge in [-0.1, -0.05) is 31.4 Å². The van der Waals surface area contributed by atoms with Crippen LogP contribution in [-0.4, -0.2) is 35.6 Å². The van der Waals surface area contributed by atoms with E-state index in [2.05, 4.69) is 0 Å². The first kappa shape index (κ1) is 24.7. The number of carboxylic acids is 1. The number of amides is 1. The fourth-order valence-electron chi connectivity index (χ4n) is 3.93. The van der Waals surface area contributed by atoms with Crippen LogP contribution in [-0.2, 0) is 26.0 Å². The molecule has 4 N–H and O–H groups in total. The number of allylic oxidation sites excluding steroid dienone is 2. The molecule has 0 heterocycles. The van der Waals surface area contributed by atoms with Crippen LogP contribution in [0.3, 0.4) is 0 Å². The third-order valence-electron chi connectivity index (χ3n) is 5.42. The van der Waals surface area contributed by atoms with E-state index in [0.717, 1.165) is 31.3 Å². The van der Waals surface area contributed by atoms with Gasteiger partial charge in [0.05, 0.1) is 6.42 Å². The van der Waals surface area contributed by atoms with E-state index in [1.807, 2.05) is 24.6 Å². The number of aromatic hydroxyl groups is 2. The van der Waals surface area contributed by atoms with Gasteiger partial charge in [0, 0.05) is 17.9 Å². The van der Waals surface area contributed by atoms with Crippen molar-refractivity contribution < 1.29 is 33.3 Å². The summed E-state index contributed by atoms with van der Waals surface area (Å²) in [5.74, 6) is -3.25. The summed E-state index contributed by atoms with van der Waals surface area (Å²) in [4.78, 5) is 22.3.